The summed E-state index contributed by atoms with van der Waals surface area (Å²) in [6.07, 6.45) is -6.02. The smallest absolute Gasteiger partial charge is 0.385 e. The predicted octanol–water partition coefficient (Wildman–Crippen LogP) is 3.86. The number of halogens is 3. The molecule has 7 nitrogen and oxygen atoms in total. The third-order valence-electron chi connectivity index (χ3n) is 5.82. The summed E-state index contributed by atoms with van der Waals surface area (Å²) in [5.41, 5.74) is 0.479. The van der Waals surface area contributed by atoms with E-state index in [2.05, 4.69) is 15.2 Å². The van der Waals surface area contributed by atoms with Crippen LogP contribution in [-0.4, -0.2) is 66.8 Å². The number of amides is 1. The van der Waals surface area contributed by atoms with Crippen LogP contribution in [0.5, 0.6) is 0 Å². The monoisotopic (exact) mass is 500 g/mol. The number of benzene rings is 1. The number of aliphatic hydroxyl groups excluding tert-OH is 1. The van der Waals surface area contributed by atoms with E-state index in [0.29, 0.717) is 37.6 Å². The summed E-state index contributed by atoms with van der Waals surface area (Å²) in [7, 11) is 0. The number of likely N-dealkylation sites (N-methyl/N-ethyl adjacent to an activating group) is 1. The lowest BCUT2D eigenvalue weighted by molar-refractivity contribution is -0.141. The summed E-state index contributed by atoms with van der Waals surface area (Å²) in [6, 6.07) is 7.04. The zero-order valence-corrected chi connectivity index (χ0v) is 20.4. The number of rotatable bonds is 9. The number of aliphatic hydroxyl groups is 1. The first-order chi connectivity index (χ1) is 16.1. The molecule has 1 aliphatic rings. The molecule has 1 fully saturated rings. The van der Waals surface area contributed by atoms with Crippen molar-refractivity contribution in [3.05, 3.63) is 45.4 Å². The molecule has 2 atom stereocenters. The van der Waals surface area contributed by atoms with Gasteiger partial charge >= 0.3 is 6.18 Å². The molecule has 3 rings (SSSR count). The van der Waals surface area contributed by atoms with Gasteiger partial charge in [0, 0.05) is 25.3 Å². The van der Waals surface area contributed by atoms with Gasteiger partial charge in [0.05, 0.1) is 19.3 Å². The number of alkyl halides is 3. The van der Waals surface area contributed by atoms with E-state index >= 15 is 0 Å². The molecule has 1 aliphatic heterocycles. The molecular weight excluding hydrogens is 469 g/mol. The average molecular weight is 501 g/mol. The number of hydrogen-bond acceptors (Lipinski definition) is 7. The van der Waals surface area contributed by atoms with E-state index in [1.54, 1.807) is 6.92 Å². The number of hydrogen-bond donors (Lipinski definition) is 2. The minimum atomic E-state index is -4.81. The Morgan fingerprint density at radius 1 is 1.29 bits per heavy atom. The summed E-state index contributed by atoms with van der Waals surface area (Å²) >= 11 is 0.587. The molecule has 1 amide bonds. The highest BCUT2D eigenvalue weighted by Crippen LogP contribution is 2.36. The van der Waals surface area contributed by atoms with Crippen LogP contribution in [0.25, 0.3) is 0 Å². The highest BCUT2D eigenvalue weighted by molar-refractivity contribution is 7.13. The number of aromatic nitrogens is 1. The molecule has 2 heterocycles. The van der Waals surface area contributed by atoms with E-state index < -0.39 is 34.8 Å². The largest absolute Gasteiger partial charge is 0.435 e. The predicted molar refractivity (Wildman–Crippen MR) is 125 cm³/mol. The van der Waals surface area contributed by atoms with E-state index in [-0.39, 0.29) is 11.6 Å². The van der Waals surface area contributed by atoms with E-state index in [1.165, 1.54) is 0 Å². The number of thiazole rings is 1. The van der Waals surface area contributed by atoms with Crippen molar-refractivity contribution in [3.8, 4) is 0 Å². The molecule has 0 spiro atoms. The SMILES string of the molecule is CCN(CC)CC(O)c1nc(C(F)(F)F)c(C(=O)NC(C)c2cccc(N3CCOCC3)c2)s1. The maximum atomic E-state index is 13.7. The van der Waals surface area contributed by atoms with Crippen molar-refractivity contribution in [2.24, 2.45) is 0 Å². The Labute approximate surface area is 201 Å². The van der Waals surface area contributed by atoms with Gasteiger partial charge in [0.15, 0.2) is 5.69 Å². The van der Waals surface area contributed by atoms with Crippen LogP contribution in [0.2, 0.25) is 0 Å². The van der Waals surface area contributed by atoms with Gasteiger partial charge in [-0.05, 0) is 37.7 Å². The maximum absolute atomic E-state index is 13.7. The van der Waals surface area contributed by atoms with Crippen LogP contribution in [0.15, 0.2) is 24.3 Å². The second kappa shape index (κ2) is 11.5. The lowest BCUT2D eigenvalue weighted by atomic mass is 10.1. The molecule has 0 aliphatic carbocycles. The molecule has 11 heteroatoms. The summed E-state index contributed by atoms with van der Waals surface area (Å²) in [5, 5.41) is 13.0. The van der Waals surface area contributed by atoms with Gasteiger partial charge in [-0.25, -0.2) is 4.98 Å². The van der Waals surface area contributed by atoms with Gasteiger partial charge in [0.25, 0.3) is 5.91 Å². The molecule has 0 saturated carbocycles. The van der Waals surface area contributed by atoms with Gasteiger partial charge < -0.3 is 25.0 Å². The van der Waals surface area contributed by atoms with Gasteiger partial charge in [0.1, 0.15) is 16.0 Å². The van der Waals surface area contributed by atoms with Crippen LogP contribution in [0.3, 0.4) is 0 Å². The average Bonchev–Trinajstić information content (AvgIpc) is 3.30. The number of carbonyl (C=O) groups is 1. The van der Waals surface area contributed by atoms with Crippen LogP contribution >= 0.6 is 11.3 Å². The maximum Gasteiger partial charge on any atom is 0.435 e. The molecule has 0 bridgehead atoms. The molecule has 1 aromatic heterocycles. The van der Waals surface area contributed by atoms with Crippen LogP contribution in [-0.2, 0) is 10.9 Å². The Morgan fingerprint density at radius 2 is 1.97 bits per heavy atom. The van der Waals surface area contributed by atoms with Crippen molar-refractivity contribution >= 4 is 22.9 Å². The first-order valence-electron chi connectivity index (χ1n) is 11.4. The van der Waals surface area contributed by atoms with E-state index in [4.69, 9.17) is 4.74 Å². The fourth-order valence-electron chi connectivity index (χ4n) is 3.79. The Bertz CT molecular complexity index is 959. The highest BCUT2D eigenvalue weighted by atomic mass is 32.1. The van der Waals surface area contributed by atoms with Gasteiger partial charge in [-0.2, -0.15) is 13.2 Å². The zero-order valence-electron chi connectivity index (χ0n) is 19.6. The molecule has 2 aromatic rings. The van der Waals surface area contributed by atoms with E-state index in [1.807, 2.05) is 43.0 Å². The summed E-state index contributed by atoms with van der Waals surface area (Å²) in [6.45, 7) is 9.69. The molecule has 1 saturated heterocycles. The van der Waals surface area contributed by atoms with Crippen molar-refractivity contribution in [3.63, 3.8) is 0 Å². The minimum Gasteiger partial charge on any atom is -0.385 e. The van der Waals surface area contributed by atoms with Crippen LogP contribution < -0.4 is 10.2 Å². The van der Waals surface area contributed by atoms with Crippen molar-refractivity contribution in [2.75, 3.05) is 50.8 Å². The summed E-state index contributed by atoms with van der Waals surface area (Å²) in [5.74, 6) is -0.865. The second-order valence-electron chi connectivity index (χ2n) is 8.12. The van der Waals surface area contributed by atoms with Crippen molar-refractivity contribution in [1.29, 1.82) is 0 Å². The zero-order chi connectivity index (χ0) is 24.9. The van der Waals surface area contributed by atoms with Crippen molar-refractivity contribution in [2.45, 2.75) is 39.1 Å². The molecule has 34 heavy (non-hydrogen) atoms. The first kappa shape index (κ1) is 26.4. The first-order valence-corrected chi connectivity index (χ1v) is 12.2. The second-order valence-corrected chi connectivity index (χ2v) is 9.15. The quantitative estimate of drug-likeness (QED) is 0.545. The fraction of sp³-hybridized carbons (Fsp3) is 0.565. The molecule has 2 N–H and O–H groups in total. The van der Waals surface area contributed by atoms with E-state index in [9.17, 15) is 23.1 Å². The summed E-state index contributed by atoms with van der Waals surface area (Å²) < 4.78 is 46.3. The normalized spacial score (nSPS) is 16.5. The molecular formula is C23H31F3N4O3S. The Kier molecular flexibility index (Phi) is 8.91. The van der Waals surface area contributed by atoms with Crippen LogP contribution in [0, 0.1) is 0 Å². The number of nitrogens with zero attached hydrogens (tertiary/aromatic N) is 3. The third-order valence-corrected chi connectivity index (χ3v) is 6.98. The Morgan fingerprint density at radius 3 is 2.59 bits per heavy atom. The van der Waals surface area contributed by atoms with E-state index in [0.717, 1.165) is 24.3 Å². The third kappa shape index (κ3) is 6.47. The minimum absolute atomic E-state index is 0.119. The Hall–Kier alpha value is -2.21. The van der Waals surface area contributed by atoms with Crippen molar-refractivity contribution in [1.82, 2.24) is 15.2 Å². The fourth-order valence-corrected chi connectivity index (χ4v) is 4.75. The number of carbonyl (C=O) groups excluding carboxylic acids is 1. The van der Waals surface area contributed by atoms with Crippen LogP contribution in [0.4, 0.5) is 18.9 Å². The molecule has 1 aromatic carbocycles. The number of ether oxygens (including phenoxy) is 1. The number of anilines is 1. The molecule has 0 radical (unpaired) electrons. The number of nitrogens with one attached hydrogen (secondary N) is 1. The Balaban J connectivity index is 1.78. The van der Waals surface area contributed by atoms with Gasteiger partial charge in [-0.1, -0.05) is 26.0 Å². The van der Waals surface area contributed by atoms with Gasteiger partial charge in [0.2, 0.25) is 0 Å². The standard InChI is InChI=1S/C23H31F3N4O3S/c1-4-29(5-2)14-18(31)22-28-20(23(24,25)26)19(34-22)21(32)27-15(3)16-7-6-8-17(13-16)30-9-11-33-12-10-30/h6-8,13,15,18,31H,4-5,9-12,14H2,1-3H3,(H,27,32). The summed E-state index contributed by atoms with van der Waals surface area (Å²) in [4.78, 5) is 20.0. The lowest BCUT2D eigenvalue weighted by Crippen LogP contribution is -2.36. The van der Waals surface area contributed by atoms with Crippen LogP contribution in [0.1, 0.15) is 58.9 Å². The van der Waals surface area contributed by atoms with Crippen molar-refractivity contribution < 1.29 is 27.8 Å². The van der Waals surface area contributed by atoms with Gasteiger partial charge in [-0.15, -0.1) is 11.3 Å². The molecule has 2 unspecified atom stereocenters. The lowest BCUT2D eigenvalue weighted by Gasteiger charge is -2.29. The molecule has 188 valence electrons. The van der Waals surface area contributed by atoms with Gasteiger partial charge in [-0.3, -0.25) is 4.79 Å². The highest BCUT2D eigenvalue weighted by Gasteiger charge is 2.40. The number of morpholine rings is 1. The topological polar surface area (TPSA) is 77.9 Å².